The van der Waals surface area contributed by atoms with Gasteiger partial charge < -0.3 is 10.1 Å². The summed E-state index contributed by atoms with van der Waals surface area (Å²) < 4.78 is 28.8. The third kappa shape index (κ3) is 2.67. The lowest BCUT2D eigenvalue weighted by atomic mass is 10.0. The number of ether oxygens (including phenoxy) is 1. The summed E-state index contributed by atoms with van der Waals surface area (Å²) in [7, 11) is -1.33. The van der Waals surface area contributed by atoms with Crippen molar-refractivity contribution in [1.29, 1.82) is 0 Å². The fourth-order valence-corrected chi connectivity index (χ4v) is 3.65. The molecule has 0 aliphatic carbocycles. The third-order valence-electron chi connectivity index (χ3n) is 3.45. The van der Waals surface area contributed by atoms with Gasteiger partial charge in [0.1, 0.15) is 5.75 Å². The van der Waals surface area contributed by atoms with Crippen LogP contribution < -0.4 is 10.1 Å². The molecule has 0 spiro atoms. The number of nitrogens with one attached hydrogen (secondary N) is 1. The maximum absolute atomic E-state index is 11.7. The highest BCUT2D eigenvalue weighted by Gasteiger charge is 2.27. The molecule has 0 bridgehead atoms. The maximum atomic E-state index is 11.7. The highest BCUT2D eigenvalue weighted by molar-refractivity contribution is 7.91. The van der Waals surface area contributed by atoms with E-state index in [2.05, 4.69) is 5.32 Å². The van der Waals surface area contributed by atoms with Crippen LogP contribution in [0.3, 0.4) is 0 Å². The molecule has 0 saturated carbocycles. The summed E-state index contributed by atoms with van der Waals surface area (Å²) >= 11 is 0. The van der Waals surface area contributed by atoms with E-state index in [1.165, 1.54) is 0 Å². The van der Waals surface area contributed by atoms with Gasteiger partial charge in [0, 0.05) is 18.2 Å². The minimum Gasteiger partial charge on any atom is -0.496 e. The van der Waals surface area contributed by atoms with Crippen LogP contribution >= 0.6 is 0 Å². The van der Waals surface area contributed by atoms with Gasteiger partial charge >= 0.3 is 0 Å². The van der Waals surface area contributed by atoms with Gasteiger partial charge in [-0.1, -0.05) is 6.07 Å². The van der Waals surface area contributed by atoms with Gasteiger partial charge in [0.2, 0.25) is 0 Å². The fourth-order valence-electron chi connectivity index (χ4n) is 2.25. The van der Waals surface area contributed by atoms with Gasteiger partial charge in [0.25, 0.3) is 0 Å². The molecule has 1 aromatic rings. The molecule has 0 radical (unpaired) electrons. The first kappa shape index (κ1) is 13.4. The van der Waals surface area contributed by atoms with Gasteiger partial charge in [-0.15, -0.1) is 0 Å². The summed E-state index contributed by atoms with van der Waals surface area (Å²) in [6.45, 7) is 4.55. The van der Waals surface area contributed by atoms with Crippen molar-refractivity contribution in [2.75, 3.05) is 25.2 Å². The standard InChI is InChI=1S/C13H19NO3S/c1-9-6-11(13(17-3)7-10(9)2)12-8-18(15,16)5-4-14-12/h6-7,12,14H,4-5,8H2,1-3H3. The first-order chi connectivity index (χ1) is 8.43. The molecular weight excluding hydrogens is 250 g/mol. The number of benzene rings is 1. The van der Waals surface area contributed by atoms with Gasteiger partial charge in [-0.2, -0.15) is 0 Å². The average Bonchev–Trinajstić information content (AvgIpc) is 2.30. The smallest absolute Gasteiger partial charge is 0.153 e. The highest BCUT2D eigenvalue weighted by Crippen LogP contribution is 2.30. The van der Waals surface area contributed by atoms with Gasteiger partial charge in [-0.3, -0.25) is 0 Å². The Balaban J connectivity index is 2.41. The van der Waals surface area contributed by atoms with Gasteiger partial charge in [0.15, 0.2) is 9.84 Å². The van der Waals surface area contributed by atoms with Gasteiger partial charge in [0.05, 0.1) is 18.6 Å². The predicted octanol–water partition coefficient (Wildman–Crippen LogP) is 1.37. The lowest BCUT2D eigenvalue weighted by Crippen LogP contribution is -2.39. The van der Waals surface area contributed by atoms with Crippen LogP contribution in [0.25, 0.3) is 0 Å². The lowest BCUT2D eigenvalue weighted by molar-refractivity contribution is 0.400. The van der Waals surface area contributed by atoms with Crippen LogP contribution in [0.1, 0.15) is 22.7 Å². The fraction of sp³-hybridized carbons (Fsp3) is 0.538. The molecule has 1 unspecified atom stereocenters. The van der Waals surface area contributed by atoms with Crippen molar-refractivity contribution in [2.45, 2.75) is 19.9 Å². The van der Waals surface area contributed by atoms with E-state index < -0.39 is 9.84 Å². The normalized spacial score (nSPS) is 22.7. The van der Waals surface area contributed by atoms with Crippen LogP contribution in [0, 0.1) is 13.8 Å². The monoisotopic (exact) mass is 269 g/mol. The maximum Gasteiger partial charge on any atom is 0.153 e. The van der Waals surface area contributed by atoms with Crippen molar-refractivity contribution in [3.8, 4) is 5.75 Å². The Morgan fingerprint density at radius 1 is 1.28 bits per heavy atom. The average molecular weight is 269 g/mol. The summed E-state index contributed by atoms with van der Waals surface area (Å²) in [5, 5.41) is 3.25. The molecule has 100 valence electrons. The molecular formula is C13H19NO3S. The summed E-state index contributed by atoms with van der Waals surface area (Å²) in [4.78, 5) is 0. The molecule has 1 N–H and O–H groups in total. The highest BCUT2D eigenvalue weighted by atomic mass is 32.2. The number of hydrogen-bond donors (Lipinski definition) is 1. The summed E-state index contributed by atoms with van der Waals surface area (Å²) in [6, 6.07) is 3.82. The molecule has 0 amide bonds. The Bertz CT molecular complexity index is 552. The van der Waals surface area contributed by atoms with Crippen LogP contribution in [-0.2, 0) is 9.84 Å². The molecule has 2 rings (SSSR count). The van der Waals surface area contributed by atoms with E-state index in [1.807, 2.05) is 26.0 Å². The van der Waals surface area contributed by atoms with Crippen LogP contribution in [0.5, 0.6) is 5.75 Å². The molecule has 1 aliphatic rings. The second kappa shape index (κ2) is 4.90. The minimum atomic E-state index is -2.95. The van der Waals surface area contributed by atoms with Crippen molar-refractivity contribution in [2.24, 2.45) is 0 Å². The van der Waals surface area contributed by atoms with Crippen LogP contribution in [0.4, 0.5) is 0 Å². The van der Waals surface area contributed by atoms with Crippen LogP contribution in [0.2, 0.25) is 0 Å². The van der Waals surface area contributed by atoms with E-state index in [9.17, 15) is 8.42 Å². The van der Waals surface area contributed by atoms with E-state index in [-0.39, 0.29) is 17.5 Å². The topological polar surface area (TPSA) is 55.4 Å². The number of rotatable bonds is 2. The largest absolute Gasteiger partial charge is 0.496 e. The molecule has 1 aliphatic heterocycles. The van der Waals surface area contributed by atoms with Crippen LogP contribution in [0.15, 0.2) is 12.1 Å². The van der Waals surface area contributed by atoms with E-state index >= 15 is 0 Å². The number of sulfone groups is 1. The summed E-state index contributed by atoms with van der Waals surface area (Å²) in [5.41, 5.74) is 3.23. The van der Waals surface area contributed by atoms with Crippen molar-refractivity contribution in [1.82, 2.24) is 5.32 Å². The Morgan fingerprint density at radius 3 is 2.56 bits per heavy atom. The van der Waals surface area contributed by atoms with Gasteiger partial charge in [-0.25, -0.2) is 8.42 Å². The van der Waals surface area contributed by atoms with Crippen LogP contribution in [-0.4, -0.2) is 33.6 Å². The molecule has 1 fully saturated rings. The Morgan fingerprint density at radius 2 is 1.94 bits per heavy atom. The van der Waals surface area contributed by atoms with E-state index in [1.54, 1.807) is 7.11 Å². The van der Waals surface area contributed by atoms with Crippen molar-refractivity contribution in [3.05, 3.63) is 28.8 Å². The van der Waals surface area contributed by atoms with Crippen molar-refractivity contribution < 1.29 is 13.2 Å². The molecule has 0 aromatic heterocycles. The minimum absolute atomic E-state index is 0.145. The summed E-state index contributed by atoms with van der Waals surface area (Å²) in [5.74, 6) is 1.12. The predicted molar refractivity (Wildman–Crippen MR) is 71.9 cm³/mol. The molecule has 5 heteroatoms. The molecule has 1 aromatic carbocycles. The zero-order valence-electron chi connectivity index (χ0n) is 11.0. The van der Waals surface area contributed by atoms with E-state index in [0.717, 1.165) is 22.4 Å². The molecule has 1 atom stereocenters. The third-order valence-corrected chi connectivity index (χ3v) is 5.11. The second-order valence-corrected chi connectivity index (χ2v) is 7.03. The second-order valence-electron chi connectivity index (χ2n) is 4.80. The lowest BCUT2D eigenvalue weighted by Gasteiger charge is -2.26. The zero-order chi connectivity index (χ0) is 13.3. The first-order valence-electron chi connectivity index (χ1n) is 6.02. The Hall–Kier alpha value is -1.07. The Labute approximate surface area is 108 Å². The van der Waals surface area contributed by atoms with Gasteiger partial charge in [-0.05, 0) is 31.0 Å². The quantitative estimate of drug-likeness (QED) is 0.881. The summed E-state index contributed by atoms with van der Waals surface area (Å²) in [6.07, 6.45) is 0. The SMILES string of the molecule is COc1cc(C)c(C)cc1C1CS(=O)(=O)CCN1. The number of aryl methyl sites for hydroxylation is 2. The number of hydrogen-bond acceptors (Lipinski definition) is 4. The molecule has 1 saturated heterocycles. The first-order valence-corrected chi connectivity index (χ1v) is 7.84. The van der Waals surface area contributed by atoms with E-state index in [4.69, 9.17) is 4.74 Å². The molecule has 4 nitrogen and oxygen atoms in total. The Kier molecular flexibility index (Phi) is 3.64. The molecule has 1 heterocycles. The zero-order valence-corrected chi connectivity index (χ0v) is 11.8. The molecule has 18 heavy (non-hydrogen) atoms. The number of methoxy groups -OCH3 is 1. The van der Waals surface area contributed by atoms with E-state index in [0.29, 0.717) is 6.54 Å². The van der Waals surface area contributed by atoms with Crippen molar-refractivity contribution in [3.63, 3.8) is 0 Å². The van der Waals surface area contributed by atoms with Crippen molar-refractivity contribution >= 4 is 9.84 Å².